The molecular formula is C34H47FN6O3S. The van der Waals surface area contributed by atoms with E-state index in [1.807, 2.05) is 44.7 Å². The van der Waals surface area contributed by atoms with Gasteiger partial charge in [0.2, 0.25) is 11.8 Å². The van der Waals surface area contributed by atoms with Crippen LogP contribution in [-0.2, 0) is 9.59 Å². The molecule has 45 heavy (non-hydrogen) atoms. The Kier molecular flexibility index (Phi) is 9.03. The smallest absolute Gasteiger partial charge is 0.326 e. The van der Waals surface area contributed by atoms with E-state index < -0.39 is 10.6 Å². The van der Waals surface area contributed by atoms with Crippen molar-refractivity contribution in [2.24, 2.45) is 5.41 Å². The number of carbonyl (C=O) groups excluding carboxylic acids is 2. The summed E-state index contributed by atoms with van der Waals surface area (Å²) < 4.78 is 17.6. The number of hydrogen-bond donors (Lipinski definition) is 1. The van der Waals surface area contributed by atoms with Gasteiger partial charge in [-0.15, -0.1) is 11.8 Å². The van der Waals surface area contributed by atoms with Crippen LogP contribution in [0.5, 0.6) is 0 Å². The number of imidazole rings is 1. The van der Waals surface area contributed by atoms with Crippen molar-refractivity contribution in [1.29, 1.82) is 0 Å². The lowest BCUT2D eigenvalue weighted by Crippen LogP contribution is -2.45. The summed E-state index contributed by atoms with van der Waals surface area (Å²) in [7, 11) is 2.09. The van der Waals surface area contributed by atoms with Gasteiger partial charge in [-0.05, 0) is 56.0 Å². The first-order valence-corrected chi connectivity index (χ1v) is 17.1. The zero-order valence-electron chi connectivity index (χ0n) is 26.8. The van der Waals surface area contributed by atoms with E-state index in [0.717, 1.165) is 49.3 Å². The quantitative estimate of drug-likeness (QED) is 0.388. The predicted octanol–water partition coefficient (Wildman–Crippen LogP) is 5.10. The first-order valence-electron chi connectivity index (χ1n) is 16.1. The number of rotatable bonds is 7. The van der Waals surface area contributed by atoms with Gasteiger partial charge in [-0.2, -0.15) is 0 Å². The van der Waals surface area contributed by atoms with Crippen molar-refractivity contribution in [2.75, 3.05) is 57.8 Å². The maximum absolute atomic E-state index is 15.8. The minimum Gasteiger partial charge on any atom is -0.369 e. The topological polar surface area (TPSA) is 84.9 Å². The summed E-state index contributed by atoms with van der Waals surface area (Å²) in [5, 5.41) is -1.07. The summed E-state index contributed by atoms with van der Waals surface area (Å²) in [6, 6.07) is 12.9. The molecule has 0 spiro atoms. The number of piperazine rings is 1. The highest BCUT2D eigenvalue weighted by molar-refractivity contribution is 8.01. The summed E-state index contributed by atoms with van der Waals surface area (Å²) in [5.74, 6) is -0.454. The Bertz CT molecular complexity index is 1610. The van der Waals surface area contributed by atoms with Crippen molar-refractivity contribution in [2.45, 2.75) is 63.1 Å². The number of likely N-dealkylation sites (N-methyl/N-ethyl adjacent to an activating group) is 1. The van der Waals surface area contributed by atoms with E-state index in [0.29, 0.717) is 38.0 Å². The fraction of sp³-hybridized carbons (Fsp3) is 0.559. The summed E-state index contributed by atoms with van der Waals surface area (Å²) in [6.07, 6.45) is 2.20. The molecule has 244 valence electrons. The third-order valence-electron chi connectivity index (χ3n) is 9.52. The van der Waals surface area contributed by atoms with E-state index in [2.05, 4.69) is 42.6 Å². The highest BCUT2D eigenvalue weighted by Gasteiger charge is 2.45. The number of H-pyrrole nitrogens is 1. The van der Waals surface area contributed by atoms with E-state index in [4.69, 9.17) is 0 Å². The van der Waals surface area contributed by atoms with E-state index in [1.54, 1.807) is 6.07 Å². The van der Waals surface area contributed by atoms with Crippen LogP contribution in [0.15, 0.2) is 47.3 Å². The summed E-state index contributed by atoms with van der Waals surface area (Å²) in [4.78, 5) is 51.4. The largest absolute Gasteiger partial charge is 0.369 e. The number of aromatic amines is 1. The molecule has 0 bridgehead atoms. The Labute approximate surface area is 270 Å². The number of piperidine rings is 1. The minimum atomic E-state index is -0.573. The summed E-state index contributed by atoms with van der Waals surface area (Å²) in [6.45, 7) is 11.4. The SMILES string of the molecule is CN1CCN(c2cccc(F)c2C2SC(CC(=O)N3CCC(n4c(=O)[nH]c5ccccc54)CC3)C(=O)N2CCC(C)(C)C)CC1.[HH]. The molecule has 11 heteroatoms. The predicted molar refractivity (Wildman–Crippen MR) is 180 cm³/mol. The monoisotopic (exact) mass is 638 g/mol. The molecule has 1 N–H and O–H groups in total. The average molecular weight is 639 g/mol. The Morgan fingerprint density at radius 2 is 1.71 bits per heavy atom. The first kappa shape index (κ1) is 31.7. The van der Waals surface area contributed by atoms with Gasteiger partial charge in [-0.25, -0.2) is 9.18 Å². The fourth-order valence-electron chi connectivity index (χ4n) is 6.82. The van der Waals surface area contributed by atoms with Crippen molar-refractivity contribution < 1.29 is 15.4 Å². The molecule has 9 nitrogen and oxygen atoms in total. The molecular weight excluding hydrogens is 591 g/mol. The van der Waals surface area contributed by atoms with Crippen LogP contribution in [0, 0.1) is 11.2 Å². The second-order valence-corrected chi connectivity index (χ2v) is 15.2. The number of halogens is 1. The third kappa shape index (κ3) is 6.65. The lowest BCUT2D eigenvalue weighted by atomic mass is 9.92. The molecule has 4 heterocycles. The Morgan fingerprint density at radius 1 is 1.00 bits per heavy atom. The molecule has 0 aliphatic carbocycles. The van der Waals surface area contributed by atoms with Crippen LogP contribution < -0.4 is 10.6 Å². The van der Waals surface area contributed by atoms with Gasteiger partial charge in [0.05, 0.1) is 16.3 Å². The Hall–Kier alpha value is -3.31. The van der Waals surface area contributed by atoms with Gasteiger partial charge < -0.3 is 24.6 Å². The number of amides is 2. The highest BCUT2D eigenvalue weighted by Crippen LogP contribution is 2.49. The van der Waals surface area contributed by atoms with Crippen LogP contribution in [0.4, 0.5) is 10.1 Å². The number of likely N-dealkylation sites (tertiary alicyclic amines) is 1. The van der Waals surface area contributed by atoms with Gasteiger partial charge in [0, 0.05) is 71.0 Å². The lowest BCUT2D eigenvalue weighted by Gasteiger charge is -2.37. The fourth-order valence-corrected chi connectivity index (χ4v) is 8.35. The molecule has 3 saturated heterocycles. The first-order chi connectivity index (χ1) is 21.5. The van der Waals surface area contributed by atoms with Gasteiger partial charge in [-0.1, -0.05) is 39.0 Å². The van der Waals surface area contributed by atoms with Gasteiger partial charge in [0.15, 0.2) is 0 Å². The molecule has 1 aromatic heterocycles. The molecule has 3 fully saturated rings. The highest BCUT2D eigenvalue weighted by atomic mass is 32.2. The number of aromatic nitrogens is 2. The van der Waals surface area contributed by atoms with Crippen LogP contribution in [0.2, 0.25) is 0 Å². The minimum absolute atomic E-state index is 0. The van der Waals surface area contributed by atoms with Gasteiger partial charge in [0.25, 0.3) is 0 Å². The van der Waals surface area contributed by atoms with Gasteiger partial charge >= 0.3 is 5.69 Å². The molecule has 3 aliphatic rings. The molecule has 0 saturated carbocycles. The van der Waals surface area contributed by atoms with Crippen molar-refractivity contribution >= 4 is 40.3 Å². The number of benzene rings is 2. The number of carbonyl (C=O) groups is 2. The van der Waals surface area contributed by atoms with E-state index in [-0.39, 0.29) is 42.6 Å². The van der Waals surface area contributed by atoms with Crippen LogP contribution >= 0.6 is 11.8 Å². The average Bonchev–Trinajstić information content (AvgIpc) is 3.50. The maximum atomic E-state index is 15.8. The van der Waals surface area contributed by atoms with Crippen LogP contribution in [0.3, 0.4) is 0 Å². The number of para-hydroxylation sites is 2. The molecule has 2 atom stereocenters. The van der Waals surface area contributed by atoms with Crippen LogP contribution in [0.25, 0.3) is 11.0 Å². The van der Waals surface area contributed by atoms with E-state index in [9.17, 15) is 14.4 Å². The van der Waals surface area contributed by atoms with Crippen molar-refractivity contribution in [3.05, 3.63) is 64.3 Å². The molecule has 6 rings (SSSR count). The zero-order valence-corrected chi connectivity index (χ0v) is 27.6. The van der Waals surface area contributed by atoms with Crippen LogP contribution in [-0.4, -0.2) is 94.2 Å². The lowest BCUT2D eigenvalue weighted by molar-refractivity contribution is -0.136. The summed E-state index contributed by atoms with van der Waals surface area (Å²) in [5.41, 5.74) is 2.96. The van der Waals surface area contributed by atoms with Gasteiger partial charge in [-0.3, -0.25) is 14.2 Å². The normalized spacial score (nSPS) is 22.2. The molecule has 2 unspecified atom stereocenters. The Morgan fingerprint density at radius 3 is 2.42 bits per heavy atom. The summed E-state index contributed by atoms with van der Waals surface area (Å²) >= 11 is 1.42. The second kappa shape index (κ2) is 12.8. The second-order valence-electron chi connectivity index (χ2n) is 13.9. The molecule has 2 aromatic carbocycles. The molecule has 0 radical (unpaired) electrons. The van der Waals surface area contributed by atoms with Crippen molar-refractivity contribution in [3.8, 4) is 0 Å². The molecule has 3 aliphatic heterocycles. The number of hydrogen-bond acceptors (Lipinski definition) is 6. The maximum Gasteiger partial charge on any atom is 0.326 e. The number of anilines is 1. The Balaban J connectivity index is 0.00000417. The number of fused-ring (bicyclic) bond motifs is 1. The standard InChI is InChI=1S/C34H45FN6O3S.H2/c1-34(2,3)14-17-40-31(43)28(45-32(40)30-24(35)8-7-11-27(30)38-20-18-37(4)19-21-38)22-29(42)39-15-12-23(13-16-39)41-26-10-6-5-9-25(26)36-33(41)44;/h5-11,23,28,32H,12-22H2,1-4H3,(H,36,44);1H. The third-order valence-corrected chi connectivity index (χ3v) is 11.0. The molecule has 2 amide bonds. The molecule has 3 aromatic rings. The van der Waals surface area contributed by atoms with Crippen molar-refractivity contribution in [1.82, 2.24) is 24.3 Å². The van der Waals surface area contributed by atoms with Crippen molar-refractivity contribution in [3.63, 3.8) is 0 Å². The van der Waals surface area contributed by atoms with Crippen LogP contribution in [0.1, 0.15) is 64.9 Å². The van der Waals surface area contributed by atoms with E-state index in [1.165, 1.54) is 17.8 Å². The number of nitrogens with zero attached hydrogens (tertiary/aromatic N) is 5. The number of nitrogens with one attached hydrogen (secondary N) is 1. The van der Waals surface area contributed by atoms with E-state index >= 15 is 4.39 Å². The number of thioether (sulfide) groups is 1. The zero-order chi connectivity index (χ0) is 31.9. The van der Waals surface area contributed by atoms with Gasteiger partial charge in [0.1, 0.15) is 11.2 Å².